The molecule has 2 rings (SSSR count). The molecule has 14 heavy (non-hydrogen) atoms. The van der Waals surface area contributed by atoms with Crippen LogP contribution in [0.5, 0.6) is 11.5 Å². The second-order valence-corrected chi connectivity index (χ2v) is 4.02. The quantitative estimate of drug-likeness (QED) is 0.676. The number of hydrogen-bond donors (Lipinski definition) is 0. The van der Waals surface area contributed by atoms with E-state index in [-0.39, 0.29) is 0 Å². The van der Waals surface area contributed by atoms with E-state index in [9.17, 15) is 0 Å². The van der Waals surface area contributed by atoms with Crippen molar-refractivity contribution in [3.05, 3.63) is 30.3 Å². The Bertz CT molecular complexity index is 391. The predicted molar refractivity (Wildman–Crippen MR) is 56.5 cm³/mol. The molecule has 0 unspecified atom stereocenters. The zero-order chi connectivity index (χ0) is 10.3. The highest BCUT2D eigenvalue weighted by Crippen LogP contribution is 2.43. The van der Waals surface area contributed by atoms with Crippen molar-refractivity contribution < 1.29 is 9.47 Å². The fraction of sp³-hybridized carbons (Fsp3) is 0.333. The number of fused-ring (bicyclic) bond motifs is 1. The van der Waals surface area contributed by atoms with Gasteiger partial charge in [0, 0.05) is 19.4 Å². The zero-order valence-electron chi connectivity index (χ0n) is 8.76. The molecule has 0 saturated carbocycles. The van der Waals surface area contributed by atoms with Gasteiger partial charge < -0.3 is 9.47 Å². The Labute approximate surface area is 84.2 Å². The smallest absolute Gasteiger partial charge is 0.246 e. The van der Waals surface area contributed by atoms with Crippen LogP contribution in [0.3, 0.4) is 0 Å². The molecule has 1 aliphatic rings. The van der Waals surface area contributed by atoms with E-state index in [1.54, 1.807) is 0 Å². The second-order valence-electron chi connectivity index (χ2n) is 4.02. The van der Waals surface area contributed by atoms with Gasteiger partial charge in [0.25, 0.3) is 0 Å². The molecule has 2 nitrogen and oxygen atoms in total. The van der Waals surface area contributed by atoms with E-state index < -0.39 is 5.79 Å². The summed E-state index contributed by atoms with van der Waals surface area (Å²) in [5.41, 5.74) is 2.01. The molecule has 0 radical (unpaired) electrons. The minimum atomic E-state index is -0.562. The van der Waals surface area contributed by atoms with Gasteiger partial charge in [0.2, 0.25) is 5.79 Å². The van der Waals surface area contributed by atoms with Gasteiger partial charge in [-0.2, -0.15) is 0 Å². The van der Waals surface area contributed by atoms with E-state index in [0.717, 1.165) is 22.6 Å². The first-order valence-electron chi connectivity index (χ1n) is 4.66. The molecule has 0 atom stereocenters. The van der Waals surface area contributed by atoms with Crippen molar-refractivity contribution in [2.45, 2.75) is 26.6 Å². The summed E-state index contributed by atoms with van der Waals surface area (Å²) in [7, 11) is 0. The van der Waals surface area contributed by atoms with Gasteiger partial charge in [-0.05, 0) is 18.6 Å². The van der Waals surface area contributed by atoms with E-state index in [0.29, 0.717) is 0 Å². The third kappa shape index (κ3) is 1.37. The van der Waals surface area contributed by atoms with Crippen molar-refractivity contribution in [3.63, 3.8) is 0 Å². The Morgan fingerprint density at radius 1 is 1.29 bits per heavy atom. The van der Waals surface area contributed by atoms with E-state index in [4.69, 9.17) is 9.47 Å². The van der Waals surface area contributed by atoms with Crippen LogP contribution in [-0.2, 0) is 0 Å². The summed E-state index contributed by atoms with van der Waals surface area (Å²) in [6, 6.07) is 5.86. The molecule has 0 N–H and O–H groups in total. The second kappa shape index (κ2) is 2.77. The highest BCUT2D eigenvalue weighted by molar-refractivity contribution is 5.71. The average Bonchev–Trinajstić information content (AvgIpc) is 2.36. The van der Waals surface area contributed by atoms with Crippen LogP contribution in [0, 0.1) is 0 Å². The first kappa shape index (κ1) is 9.13. The standard InChI is InChI=1S/C12H14O2/c1-8(2)9-6-5-7-10-11(9)14-12(3,4)13-10/h5-7H,1H2,2-4H3. The number of ether oxygens (including phenoxy) is 2. The molecule has 0 saturated heterocycles. The number of benzene rings is 1. The molecule has 0 fully saturated rings. The van der Waals surface area contributed by atoms with Crippen LogP contribution >= 0.6 is 0 Å². The van der Waals surface area contributed by atoms with Gasteiger partial charge in [-0.1, -0.05) is 18.7 Å². The lowest BCUT2D eigenvalue weighted by Gasteiger charge is -2.16. The maximum Gasteiger partial charge on any atom is 0.246 e. The lowest BCUT2D eigenvalue weighted by molar-refractivity contribution is -0.0432. The van der Waals surface area contributed by atoms with E-state index in [1.807, 2.05) is 39.0 Å². The van der Waals surface area contributed by atoms with Crippen LogP contribution in [0.25, 0.3) is 5.57 Å². The Morgan fingerprint density at radius 3 is 2.64 bits per heavy atom. The summed E-state index contributed by atoms with van der Waals surface area (Å²) in [6.45, 7) is 9.67. The van der Waals surface area contributed by atoms with Crippen LogP contribution in [-0.4, -0.2) is 5.79 Å². The summed E-state index contributed by atoms with van der Waals surface area (Å²) in [4.78, 5) is 0. The molecule has 2 heteroatoms. The lowest BCUT2D eigenvalue weighted by atomic mass is 10.1. The van der Waals surface area contributed by atoms with E-state index >= 15 is 0 Å². The summed E-state index contributed by atoms with van der Waals surface area (Å²) < 4.78 is 11.3. The van der Waals surface area contributed by atoms with Crippen molar-refractivity contribution in [1.29, 1.82) is 0 Å². The molecule has 0 amide bonds. The lowest BCUT2D eigenvalue weighted by Crippen LogP contribution is -2.29. The number of para-hydroxylation sites is 1. The monoisotopic (exact) mass is 190 g/mol. The van der Waals surface area contributed by atoms with Crippen LogP contribution in [0.4, 0.5) is 0 Å². The normalized spacial score (nSPS) is 16.8. The van der Waals surface area contributed by atoms with E-state index in [1.165, 1.54) is 0 Å². The van der Waals surface area contributed by atoms with Crippen LogP contribution < -0.4 is 9.47 Å². The molecule has 0 aromatic heterocycles. The predicted octanol–water partition coefficient (Wildman–Crippen LogP) is 3.23. The largest absolute Gasteiger partial charge is 0.449 e. The van der Waals surface area contributed by atoms with Crippen LogP contribution in [0.1, 0.15) is 26.3 Å². The summed E-state index contributed by atoms with van der Waals surface area (Å²) in [6.07, 6.45) is 0. The Hall–Kier alpha value is -1.44. The Morgan fingerprint density at radius 2 is 2.00 bits per heavy atom. The Balaban J connectivity index is 2.52. The molecule has 1 heterocycles. The van der Waals surface area contributed by atoms with Crippen LogP contribution in [0.15, 0.2) is 24.8 Å². The highest BCUT2D eigenvalue weighted by atomic mass is 16.7. The fourth-order valence-corrected chi connectivity index (χ4v) is 1.57. The zero-order valence-corrected chi connectivity index (χ0v) is 8.76. The van der Waals surface area contributed by atoms with E-state index in [2.05, 4.69) is 6.58 Å². The third-order valence-electron chi connectivity index (χ3n) is 2.14. The molecule has 1 aromatic rings. The van der Waals surface area contributed by atoms with Gasteiger partial charge in [0.1, 0.15) is 0 Å². The minimum absolute atomic E-state index is 0.562. The molecule has 74 valence electrons. The highest BCUT2D eigenvalue weighted by Gasteiger charge is 2.33. The first-order chi connectivity index (χ1) is 6.49. The van der Waals surface area contributed by atoms with Gasteiger partial charge in [0.15, 0.2) is 11.5 Å². The van der Waals surface area contributed by atoms with Crippen molar-refractivity contribution in [3.8, 4) is 11.5 Å². The number of rotatable bonds is 1. The van der Waals surface area contributed by atoms with Gasteiger partial charge >= 0.3 is 0 Å². The fourth-order valence-electron chi connectivity index (χ4n) is 1.57. The molecule has 1 aromatic carbocycles. The summed E-state index contributed by atoms with van der Waals surface area (Å²) in [5.74, 6) is 1.05. The molecule has 0 aliphatic carbocycles. The van der Waals surface area contributed by atoms with Crippen LogP contribution in [0.2, 0.25) is 0 Å². The third-order valence-corrected chi connectivity index (χ3v) is 2.14. The van der Waals surface area contributed by atoms with Gasteiger partial charge in [-0.15, -0.1) is 0 Å². The summed E-state index contributed by atoms with van der Waals surface area (Å²) >= 11 is 0. The van der Waals surface area contributed by atoms with Gasteiger partial charge in [0.05, 0.1) is 0 Å². The molecular weight excluding hydrogens is 176 g/mol. The molecule has 1 aliphatic heterocycles. The van der Waals surface area contributed by atoms with Crippen molar-refractivity contribution in [1.82, 2.24) is 0 Å². The molecule has 0 spiro atoms. The first-order valence-corrected chi connectivity index (χ1v) is 4.66. The van der Waals surface area contributed by atoms with Gasteiger partial charge in [-0.25, -0.2) is 0 Å². The van der Waals surface area contributed by atoms with Crippen molar-refractivity contribution in [2.24, 2.45) is 0 Å². The maximum atomic E-state index is 5.70. The van der Waals surface area contributed by atoms with Crippen molar-refractivity contribution in [2.75, 3.05) is 0 Å². The molecule has 0 bridgehead atoms. The van der Waals surface area contributed by atoms with Gasteiger partial charge in [-0.3, -0.25) is 0 Å². The number of allylic oxidation sites excluding steroid dienone is 1. The number of hydrogen-bond acceptors (Lipinski definition) is 2. The van der Waals surface area contributed by atoms with Crippen molar-refractivity contribution >= 4 is 5.57 Å². The minimum Gasteiger partial charge on any atom is -0.449 e. The summed E-state index contributed by atoms with van der Waals surface area (Å²) in [5, 5.41) is 0. The topological polar surface area (TPSA) is 18.5 Å². The SMILES string of the molecule is C=C(C)c1cccc2c1OC(C)(C)O2. The average molecular weight is 190 g/mol. The Kier molecular flexibility index (Phi) is 1.81. The molecular formula is C12H14O2. The maximum absolute atomic E-state index is 5.70.